The van der Waals surface area contributed by atoms with Crippen LogP contribution < -0.4 is 5.32 Å². The van der Waals surface area contributed by atoms with Gasteiger partial charge in [0.1, 0.15) is 0 Å². The first-order valence-corrected chi connectivity index (χ1v) is 6.73. The van der Waals surface area contributed by atoms with Gasteiger partial charge in [-0.15, -0.1) is 11.6 Å². The van der Waals surface area contributed by atoms with Crippen LogP contribution in [0, 0.1) is 0 Å². The minimum atomic E-state index is -0.209. The van der Waals surface area contributed by atoms with Gasteiger partial charge in [0.15, 0.2) is 0 Å². The number of halogens is 1. The van der Waals surface area contributed by atoms with Gasteiger partial charge in [-0.05, 0) is 37.5 Å². The molecule has 1 N–H and O–H groups in total. The van der Waals surface area contributed by atoms with E-state index in [2.05, 4.69) is 5.32 Å². The Morgan fingerprint density at radius 3 is 3.06 bits per heavy atom. The number of benzene rings is 1. The predicted octanol–water partition coefficient (Wildman–Crippen LogP) is 2.72. The molecule has 2 rings (SSSR count). The molecule has 0 aliphatic carbocycles. The molecule has 3 nitrogen and oxygen atoms in total. The second kappa shape index (κ2) is 5.72. The van der Waals surface area contributed by atoms with E-state index in [1.165, 1.54) is 0 Å². The van der Waals surface area contributed by atoms with Gasteiger partial charge >= 0.3 is 0 Å². The van der Waals surface area contributed by atoms with Crippen molar-refractivity contribution in [1.82, 2.24) is 5.32 Å². The Kier molecular flexibility index (Phi) is 4.25. The number of rotatable bonds is 4. The molecule has 1 aromatic rings. The number of amides is 1. The Morgan fingerprint density at radius 1 is 1.56 bits per heavy atom. The van der Waals surface area contributed by atoms with Gasteiger partial charge in [-0.2, -0.15) is 0 Å². The van der Waals surface area contributed by atoms with Crippen LogP contribution in [0.25, 0.3) is 0 Å². The fraction of sp³-hybridized carbons (Fsp3) is 0.500. The zero-order valence-electron chi connectivity index (χ0n) is 10.5. The van der Waals surface area contributed by atoms with Crippen molar-refractivity contribution in [2.24, 2.45) is 0 Å². The van der Waals surface area contributed by atoms with Gasteiger partial charge < -0.3 is 10.1 Å². The molecule has 0 saturated carbocycles. The van der Waals surface area contributed by atoms with E-state index in [9.17, 15) is 4.79 Å². The number of ether oxygens (including phenoxy) is 1. The van der Waals surface area contributed by atoms with E-state index in [0.717, 1.165) is 25.0 Å². The molecule has 0 bridgehead atoms. The van der Waals surface area contributed by atoms with Crippen LogP contribution in [0.3, 0.4) is 0 Å². The van der Waals surface area contributed by atoms with E-state index in [-0.39, 0.29) is 11.5 Å². The third-order valence-electron chi connectivity index (χ3n) is 3.27. The lowest BCUT2D eigenvalue weighted by molar-refractivity contribution is 0.0206. The summed E-state index contributed by atoms with van der Waals surface area (Å²) < 4.78 is 5.64. The van der Waals surface area contributed by atoms with Crippen LogP contribution in [0.1, 0.15) is 35.7 Å². The summed E-state index contributed by atoms with van der Waals surface area (Å²) in [6.45, 7) is 3.38. The van der Waals surface area contributed by atoms with Gasteiger partial charge in [-0.25, -0.2) is 0 Å². The third-order valence-corrected chi connectivity index (χ3v) is 3.58. The maximum Gasteiger partial charge on any atom is 0.251 e. The highest BCUT2D eigenvalue weighted by Crippen LogP contribution is 2.24. The average Bonchev–Trinajstić information content (AvgIpc) is 2.83. The van der Waals surface area contributed by atoms with Gasteiger partial charge in [0.05, 0.1) is 5.60 Å². The van der Waals surface area contributed by atoms with Crippen molar-refractivity contribution >= 4 is 17.5 Å². The van der Waals surface area contributed by atoms with E-state index in [4.69, 9.17) is 16.3 Å². The van der Waals surface area contributed by atoms with Crippen LogP contribution in [0.15, 0.2) is 24.3 Å². The van der Waals surface area contributed by atoms with Gasteiger partial charge in [0.2, 0.25) is 0 Å². The van der Waals surface area contributed by atoms with E-state index >= 15 is 0 Å². The van der Waals surface area contributed by atoms with Crippen LogP contribution in [0.4, 0.5) is 0 Å². The molecule has 1 heterocycles. The molecule has 98 valence electrons. The maximum atomic E-state index is 12.0. The van der Waals surface area contributed by atoms with Crippen LogP contribution >= 0.6 is 11.6 Å². The third kappa shape index (κ3) is 3.24. The van der Waals surface area contributed by atoms with Gasteiger partial charge in [0, 0.05) is 24.6 Å². The van der Waals surface area contributed by atoms with Crippen LogP contribution in [0.5, 0.6) is 0 Å². The summed E-state index contributed by atoms with van der Waals surface area (Å²) >= 11 is 5.75. The smallest absolute Gasteiger partial charge is 0.251 e. The number of hydrogen-bond acceptors (Lipinski definition) is 2. The fourth-order valence-electron chi connectivity index (χ4n) is 2.14. The molecule has 0 aromatic heterocycles. The maximum absolute atomic E-state index is 12.0. The predicted molar refractivity (Wildman–Crippen MR) is 71.9 cm³/mol. The molecule has 1 atom stereocenters. The second-order valence-corrected chi connectivity index (χ2v) is 5.19. The summed E-state index contributed by atoms with van der Waals surface area (Å²) in [6.07, 6.45) is 2.06. The van der Waals surface area contributed by atoms with Gasteiger partial charge in [-0.3, -0.25) is 4.79 Å². The molecule has 1 unspecified atom stereocenters. The Balaban J connectivity index is 1.94. The number of alkyl halides is 1. The average molecular weight is 268 g/mol. The Hall–Kier alpha value is -1.06. The summed E-state index contributed by atoms with van der Waals surface area (Å²) in [6, 6.07) is 7.37. The van der Waals surface area contributed by atoms with Crippen molar-refractivity contribution in [3.05, 3.63) is 35.4 Å². The van der Waals surface area contributed by atoms with Gasteiger partial charge in [-0.1, -0.05) is 12.1 Å². The van der Waals surface area contributed by atoms with Crippen molar-refractivity contribution in [2.75, 3.05) is 13.2 Å². The summed E-state index contributed by atoms with van der Waals surface area (Å²) in [5.74, 6) is 0.348. The highest BCUT2D eigenvalue weighted by Gasteiger charge is 2.30. The molecule has 1 aliphatic heterocycles. The Morgan fingerprint density at radius 2 is 2.39 bits per heavy atom. The SMILES string of the molecule is CC1(CNC(=O)c2cccc(CCl)c2)CCCO1. The normalized spacial score (nSPS) is 23.0. The molecular formula is C14H18ClNO2. The van der Waals surface area contributed by atoms with Crippen molar-refractivity contribution in [3.63, 3.8) is 0 Å². The largest absolute Gasteiger partial charge is 0.373 e. The number of carbonyl (C=O) groups is 1. The van der Waals surface area contributed by atoms with Crippen molar-refractivity contribution in [3.8, 4) is 0 Å². The summed E-state index contributed by atoms with van der Waals surface area (Å²) in [5, 5.41) is 2.93. The Labute approximate surface area is 112 Å². The van der Waals surface area contributed by atoms with E-state index in [1.54, 1.807) is 6.07 Å². The highest BCUT2D eigenvalue weighted by atomic mass is 35.5. The number of nitrogens with one attached hydrogen (secondary N) is 1. The quantitative estimate of drug-likeness (QED) is 0.852. The molecule has 1 aliphatic rings. The summed E-state index contributed by atoms with van der Waals surface area (Å²) in [5.41, 5.74) is 1.39. The molecule has 4 heteroatoms. The first kappa shape index (κ1) is 13.4. The number of hydrogen-bond donors (Lipinski definition) is 1. The zero-order valence-corrected chi connectivity index (χ0v) is 11.3. The minimum Gasteiger partial charge on any atom is -0.373 e. The molecule has 18 heavy (non-hydrogen) atoms. The summed E-state index contributed by atoms with van der Waals surface area (Å²) in [4.78, 5) is 12.0. The number of carbonyl (C=O) groups excluding carboxylic acids is 1. The molecule has 1 aromatic carbocycles. The molecular weight excluding hydrogens is 250 g/mol. The lowest BCUT2D eigenvalue weighted by atomic mass is 10.0. The van der Waals surface area contributed by atoms with Crippen molar-refractivity contribution in [1.29, 1.82) is 0 Å². The van der Waals surface area contributed by atoms with Crippen molar-refractivity contribution < 1.29 is 9.53 Å². The lowest BCUT2D eigenvalue weighted by Gasteiger charge is -2.23. The summed E-state index contributed by atoms with van der Waals surface area (Å²) in [7, 11) is 0. The first-order chi connectivity index (χ1) is 8.63. The molecule has 0 radical (unpaired) electrons. The minimum absolute atomic E-state index is 0.0707. The molecule has 1 amide bonds. The molecule has 1 saturated heterocycles. The Bertz CT molecular complexity index is 428. The van der Waals surface area contributed by atoms with E-state index in [0.29, 0.717) is 18.0 Å². The van der Waals surface area contributed by atoms with E-state index in [1.807, 2.05) is 25.1 Å². The molecule has 1 fully saturated rings. The first-order valence-electron chi connectivity index (χ1n) is 6.20. The van der Waals surface area contributed by atoms with Crippen LogP contribution in [0.2, 0.25) is 0 Å². The standard InChI is InChI=1S/C14H18ClNO2/c1-14(6-3-7-18-14)10-16-13(17)12-5-2-4-11(8-12)9-15/h2,4-5,8H,3,6-7,9-10H2,1H3,(H,16,17). The highest BCUT2D eigenvalue weighted by molar-refractivity contribution is 6.17. The second-order valence-electron chi connectivity index (χ2n) is 4.92. The van der Waals surface area contributed by atoms with Crippen LogP contribution in [-0.2, 0) is 10.6 Å². The van der Waals surface area contributed by atoms with E-state index < -0.39 is 0 Å². The fourth-order valence-corrected chi connectivity index (χ4v) is 2.31. The zero-order chi connectivity index (χ0) is 13.0. The van der Waals surface area contributed by atoms with Crippen molar-refractivity contribution in [2.45, 2.75) is 31.2 Å². The van der Waals surface area contributed by atoms with Crippen LogP contribution in [-0.4, -0.2) is 24.7 Å². The topological polar surface area (TPSA) is 38.3 Å². The van der Waals surface area contributed by atoms with Gasteiger partial charge in [0.25, 0.3) is 5.91 Å². The lowest BCUT2D eigenvalue weighted by Crippen LogP contribution is -2.40. The monoisotopic (exact) mass is 267 g/mol. The molecule has 0 spiro atoms.